The Bertz CT molecular complexity index is 797. The summed E-state index contributed by atoms with van der Waals surface area (Å²) in [5.41, 5.74) is 0.988. The molecule has 0 radical (unpaired) electrons. The van der Waals surface area contributed by atoms with E-state index in [1.807, 2.05) is 19.9 Å². The van der Waals surface area contributed by atoms with Gasteiger partial charge in [-0.1, -0.05) is 36.4 Å². The van der Waals surface area contributed by atoms with Gasteiger partial charge in [0.05, 0.1) is 24.2 Å². The summed E-state index contributed by atoms with van der Waals surface area (Å²) in [5.74, 6) is -0.763. The second-order valence-electron chi connectivity index (χ2n) is 6.97. The minimum atomic E-state index is -3.74. The Morgan fingerprint density at radius 2 is 2.04 bits per heavy atom. The molecule has 1 aromatic rings. The SMILES string of the molecule is C=CC(=O)CC=CCC1(C)OCC(CCCOS(=O)(=O)c2ccc(C)cc2)O1. The van der Waals surface area contributed by atoms with Crippen LogP contribution in [0.3, 0.4) is 0 Å². The number of aryl methyl sites for hydroxylation is 1. The molecule has 6 nitrogen and oxygen atoms in total. The Balaban J connectivity index is 1.70. The molecule has 0 amide bonds. The summed E-state index contributed by atoms with van der Waals surface area (Å²) < 4.78 is 41.0. The van der Waals surface area contributed by atoms with Gasteiger partial charge in [-0.3, -0.25) is 8.98 Å². The number of ketones is 1. The number of hydrogen-bond donors (Lipinski definition) is 0. The smallest absolute Gasteiger partial charge is 0.296 e. The largest absolute Gasteiger partial charge is 0.347 e. The van der Waals surface area contributed by atoms with E-state index in [1.165, 1.54) is 6.08 Å². The molecule has 7 heteroatoms. The van der Waals surface area contributed by atoms with Crippen molar-refractivity contribution in [2.24, 2.45) is 0 Å². The fourth-order valence-electron chi connectivity index (χ4n) is 2.77. The lowest BCUT2D eigenvalue weighted by Crippen LogP contribution is -2.25. The molecule has 0 aromatic heterocycles. The molecule has 154 valence electrons. The summed E-state index contributed by atoms with van der Waals surface area (Å²) in [5, 5.41) is 0. The van der Waals surface area contributed by atoms with Gasteiger partial charge < -0.3 is 9.47 Å². The Morgan fingerprint density at radius 1 is 1.32 bits per heavy atom. The topological polar surface area (TPSA) is 78.9 Å². The highest BCUT2D eigenvalue weighted by molar-refractivity contribution is 7.86. The molecule has 1 aromatic carbocycles. The van der Waals surface area contributed by atoms with Crippen molar-refractivity contribution >= 4 is 15.9 Å². The highest BCUT2D eigenvalue weighted by Crippen LogP contribution is 2.29. The fourth-order valence-corrected chi connectivity index (χ4v) is 3.71. The zero-order valence-electron chi connectivity index (χ0n) is 16.4. The molecule has 0 aliphatic carbocycles. The predicted molar refractivity (Wildman–Crippen MR) is 106 cm³/mol. The summed E-state index contributed by atoms with van der Waals surface area (Å²) in [6, 6.07) is 6.56. The highest BCUT2D eigenvalue weighted by atomic mass is 32.2. The van der Waals surface area contributed by atoms with Crippen molar-refractivity contribution in [3.63, 3.8) is 0 Å². The van der Waals surface area contributed by atoms with Gasteiger partial charge in [0.15, 0.2) is 11.6 Å². The van der Waals surface area contributed by atoms with Gasteiger partial charge in [-0.2, -0.15) is 8.42 Å². The minimum absolute atomic E-state index is 0.0341. The van der Waals surface area contributed by atoms with Crippen LogP contribution in [0.5, 0.6) is 0 Å². The molecule has 0 spiro atoms. The van der Waals surface area contributed by atoms with E-state index >= 15 is 0 Å². The Hall–Kier alpha value is -1.80. The van der Waals surface area contributed by atoms with E-state index in [0.29, 0.717) is 32.3 Å². The number of ether oxygens (including phenoxy) is 2. The van der Waals surface area contributed by atoms with Gasteiger partial charge in [-0.15, -0.1) is 0 Å². The van der Waals surface area contributed by atoms with Gasteiger partial charge in [0.2, 0.25) is 0 Å². The summed E-state index contributed by atoms with van der Waals surface area (Å²) in [6.07, 6.45) is 6.85. The molecule has 0 saturated carbocycles. The molecule has 2 rings (SSSR count). The standard InChI is InChI=1S/C21H28O6S/c1-4-18(22)8-5-6-14-21(3)25-16-19(27-21)9-7-15-26-28(23,24)20-12-10-17(2)11-13-20/h4-6,10-13,19H,1,7-9,14-16H2,2-3H3. The Morgan fingerprint density at radius 3 is 2.71 bits per heavy atom. The molecule has 1 aliphatic rings. The van der Waals surface area contributed by atoms with E-state index in [9.17, 15) is 13.2 Å². The maximum absolute atomic E-state index is 12.1. The van der Waals surface area contributed by atoms with Crippen LogP contribution in [0.4, 0.5) is 0 Å². The average molecular weight is 409 g/mol. The van der Waals surface area contributed by atoms with Crippen LogP contribution < -0.4 is 0 Å². The third kappa shape index (κ3) is 6.98. The van der Waals surface area contributed by atoms with Gasteiger partial charge >= 0.3 is 0 Å². The van der Waals surface area contributed by atoms with E-state index in [-0.39, 0.29) is 23.4 Å². The highest BCUT2D eigenvalue weighted by Gasteiger charge is 2.35. The van der Waals surface area contributed by atoms with Crippen molar-refractivity contribution in [2.45, 2.75) is 56.3 Å². The van der Waals surface area contributed by atoms with Crippen LogP contribution in [0, 0.1) is 6.92 Å². The van der Waals surface area contributed by atoms with E-state index in [2.05, 4.69) is 6.58 Å². The first kappa shape index (κ1) is 22.5. The molecule has 2 unspecified atom stereocenters. The van der Waals surface area contributed by atoms with Crippen LogP contribution >= 0.6 is 0 Å². The second-order valence-corrected chi connectivity index (χ2v) is 8.58. The van der Waals surface area contributed by atoms with Crippen molar-refractivity contribution in [3.8, 4) is 0 Å². The molecule has 1 aliphatic heterocycles. The average Bonchev–Trinajstić information content (AvgIpc) is 3.04. The van der Waals surface area contributed by atoms with E-state index in [1.54, 1.807) is 30.3 Å². The molecule has 2 atom stereocenters. The van der Waals surface area contributed by atoms with Crippen molar-refractivity contribution in [2.75, 3.05) is 13.2 Å². The zero-order valence-corrected chi connectivity index (χ0v) is 17.2. The molecule has 1 saturated heterocycles. The number of rotatable bonds is 11. The Kier molecular flexibility index (Phi) is 8.12. The minimum Gasteiger partial charge on any atom is -0.347 e. The second kappa shape index (κ2) is 10.1. The maximum Gasteiger partial charge on any atom is 0.296 e. The van der Waals surface area contributed by atoms with E-state index < -0.39 is 15.9 Å². The van der Waals surface area contributed by atoms with Crippen LogP contribution in [0.2, 0.25) is 0 Å². The van der Waals surface area contributed by atoms with Crippen molar-refractivity contribution in [3.05, 3.63) is 54.6 Å². The maximum atomic E-state index is 12.1. The van der Waals surface area contributed by atoms with Crippen molar-refractivity contribution in [1.82, 2.24) is 0 Å². The van der Waals surface area contributed by atoms with E-state index in [4.69, 9.17) is 13.7 Å². The number of hydrogen-bond acceptors (Lipinski definition) is 6. The normalized spacial score (nSPS) is 22.6. The van der Waals surface area contributed by atoms with Crippen LogP contribution in [0.25, 0.3) is 0 Å². The third-order valence-corrected chi connectivity index (χ3v) is 5.74. The zero-order chi connectivity index (χ0) is 20.6. The van der Waals surface area contributed by atoms with Crippen LogP contribution in [0.1, 0.15) is 38.2 Å². The summed E-state index contributed by atoms with van der Waals surface area (Å²) >= 11 is 0. The first-order valence-electron chi connectivity index (χ1n) is 9.32. The lowest BCUT2D eigenvalue weighted by molar-refractivity contribution is -0.151. The monoisotopic (exact) mass is 408 g/mol. The first-order chi connectivity index (χ1) is 13.2. The third-order valence-electron chi connectivity index (χ3n) is 4.41. The number of carbonyl (C=O) groups is 1. The van der Waals surface area contributed by atoms with E-state index in [0.717, 1.165) is 5.56 Å². The molecule has 0 bridgehead atoms. The molecule has 28 heavy (non-hydrogen) atoms. The van der Waals surface area contributed by atoms with Gasteiger partial charge in [-0.05, 0) is 44.9 Å². The first-order valence-corrected chi connectivity index (χ1v) is 10.7. The molecule has 1 fully saturated rings. The van der Waals surface area contributed by atoms with Gasteiger partial charge in [0.25, 0.3) is 10.1 Å². The van der Waals surface area contributed by atoms with Crippen molar-refractivity contribution < 1.29 is 26.9 Å². The van der Waals surface area contributed by atoms with Crippen LogP contribution in [-0.2, 0) is 28.6 Å². The van der Waals surface area contributed by atoms with Gasteiger partial charge in [-0.25, -0.2) is 0 Å². The summed E-state index contributed by atoms with van der Waals surface area (Å²) in [6.45, 7) is 7.72. The lowest BCUT2D eigenvalue weighted by Gasteiger charge is -2.21. The van der Waals surface area contributed by atoms with Gasteiger partial charge in [0, 0.05) is 12.8 Å². The molecule has 0 N–H and O–H groups in total. The predicted octanol–water partition coefficient (Wildman–Crippen LogP) is 3.70. The summed E-state index contributed by atoms with van der Waals surface area (Å²) in [4.78, 5) is 11.3. The molecule has 1 heterocycles. The number of allylic oxidation sites excluding steroid dienone is 2. The van der Waals surface area contributed by atoms with Crippen LogP contribution in [0.15, 0.2) is 54.0 Å². The lowest BCUT2D eigenvalue weighted by atomic mass is 10.2. The van der Waals surface area contributed by atoms with Crippen molar-refractivity contribution in [1.29, 1.82) is 0 Å². The Labute approximate surface area is 167 Å². The molecular formula is C21H28O6S. The molecular weight excluding hydrogens is 380 g/mol. The number of benzene rings is 1. The summed E-state index contributed by atoms with van der Waals surface area (Å²) in [7, 11) is -3.74. The van der Waals surface area contributed by atoms with Crippen LogP contribution in [-0.4, -0.2) is 39.3 Å². The van der Waals surface area contributed by atoms with Gasteiger partial charge in [0.1, 0.15) is 0 Å². The fraction of sp³-hybridized carbons (Fsp3) is 0.476. The number of carbonyl (C=O) groups excluding carboxylic acids is 1. The quantitative estimate of drug-likeness (QED) is 0.240.